The highest BCUT2D eigenvalue weighted by molar-refractivity contribution is 5.86. The fraction of sp³-hybridized carbons (Fsp3) is 0.333. The smallest absolute Gasteiger partial charge is 0.433 e. The molecule has 0 unspecified atom stereocenters. The fourth-order valence-corrected chi connectivity index (χ4v) is 0.921. The summed E-state index contributed by atoms with van der Waals surface area (Å²) in [6.07, 6.45) is -3.88. The van der Waals surface area contributed by atoms with E-state index < -0.39 is 23.5 Å². The first-order chi connectivity index (χ1) is 5.84. The molecule has 7 heteroatoms. The molecule has 72 valence electrons. The third kappa shape index (κ3) is 1.63. The van der Waals surface area contributed by atoms with Crippen molar-refractivity contribution < 1.29 is 23.1 Å². The monoisotopic (exact) mass is 194 g/mol. The molecule has 1 rings (SSSR count). The number of carboxylic acids is 1. The summed E-state index contributed by atoms with van der Waals surface area (Å²) in [5.74, 6) is -1.69. The van der Waals surface area contributed by atoms with Crippen molar-refractivity contribution in [1.82, 2.24) is 9.55 Å². The van der Waals surface area contributed by atoms with Gasteiger partial charge in [0.15, 0.2) is 11.4 Å². The summed E-state index contributed by atoms with van der Waals surface area (Å²) in [7, 11) is 1.09. The molecule has 1 N–H and O–H groups in total. The van der Waals surface area contributed by atoms with Gasteiger partial charge in [-0.05, 0) is 0 Å². The first-order valence-corrected chi connectivity index (χ1v) is 3.16. The zero-order chi connectivity index (χ0) is 10.2. The van der Waals surface area contributed by atoms with Crippen LogP contribution in [0.25, 0.3) is 0 Å². The predicted molar refractivity (Wildman–Crippen MR) is 35.2 cm³/mol. The van der Waals surface area contributed by atoms with Gasteiger partial charge in [-0.1, -0.05) is 0 Å². The maximum absolute atomic E-state index is 12.2. The zero-order valence-corrected chi connectivity index (χ0v) is 6.46. The molecule has 0 aromatic carbocycles. The summed E-state index contributed by atoms with van der Waals surface area (Å²) in [4.78, 5) is 13.4. The first kappa shape index (κ1) is 9.56. The molecular weight excluding hydrogens is 189 g/mol. The van der Waals surface area contributed by atoms with E-state index in [9.17, 15) is 18.0 Å². The van der Waals surface area contributed by atoms with E-state index >= 15 is 0 Å². The lowest BCUT2D eigenvalue weighted by Gasteiger charge is -2.07. The van der Waals surface area contributed by atoms with E-state index in [0.717, 1.165) is 13.4 Å². The fourth-order valence-electron chi connectivity index (χ4n) is 0.921. The number of nitrogens with zero attached hydrogens (tertiary/aromatic N) is 2. The van der Waals surface area contributed by atoms with Crippen molar-refractivity contribution in [2.24, 2.45) is 7.05 Å². The van der Waals surface area contributed by atoms with Crippen LogP contribution in [0, 0.1) is 0 Å². The van der Waals surface area contributed by atoms with Gasteiger partial charge in [-0.25, -0.2) is 9.78 Å². The largest absolute Gasteiger partial charge is 0.476 e. The molecule has 1 aromatic rings. The summed E-state index contributed by atoms with van der Waals surface area (Å²) in [6, 6.07) is 0. The minimum atomic E-state index is -4.70. The number of hydrogen-bond acceptors (Lipinski definition) is 2. The molecule has 0 atom stereocenters. The number of rotatable bonds is 1. The van der Waals surface area contributed by atoms with Crippen LogP contribution in [0.4, 0.5) is 13.2 Å². The lowest BCUT2D eigenvalue weighted by molar-refractivity contribution is -0.143. The Morgan fingerprint density at radius 2 is 2.15 bits per heavy atom. The van der Waals surface area contributed by atoms with Crippen molar-refractivity contribution in [3.05, 3.63) is 17.7 Å². The van der Waals surface area contributed by atoms with Gasteiger partial charge in [-0.15, -0.1) is 0 Å². The molecule has 0 amide bonds. The van der Waals surface area contributed by atoms with E-state index in [-0.39, 0.29) is 0 Å². The third-order valence-electron chi connectivity index (χ3n) is 1.41. The third-order valence-corrected chi connectivity index (χ3v) is 1.41. The molecular formula is C6H5F3N2O2. The lowest BCUT2D eigenvalue weighted by atomic mass is 10.3. The molecule has 0 saturated heterocycles. The number of aromatic carboxylic acids is 1. The summed E-state index contributed by atoms with van der Waals surface area (Å²) in [5, 5.41) is 8.37. The van der Waals surface area contributed by atoms with E-state index in [1.165, 1.54) is 0 Å². The van der Waals surface area contributed by atoms with Gasteiger partial charge in [0.05, 0.1) is 6.33 Å². The van der Waals surface area contributed by atoms with Gasteiger partial charge in [-0.2, -0.15) is 13.2 Å². The second kappa shape index (κ2) is 2.75. The molecule has 0 aliphatic carbocycles. The Kier molecular flexibility index (Phi) is 2.02. The van der Waals surface area contributed by atoms with Gasteiger partial charge in [-0.3, -0.25) is 0 Å². The van der Waals surface area contributed by atoms with Crippen molar-refractivity contribution in [2.75, 3.05) is 0 Å². The van der Waals surface area contributed by atoms with Crippen LogP contribution in [0.15, 0.2) is 6.33 Å². The minimum absolute atomic E-state index is 0.628. The zero-order valence-electron chi connectivity index (χ0n) is 6.46. The SMILES string of the molecule is Cn1cnc(C(=O)O)c1C(F)(F)F. The highest BCUT2D eigenvalue weighted by Gasteiger charge is 2.39. The van der Waals surface area contributed by atoms with Gasteiger partial charge < -0.3 is 9.67 Å². The molecule has 1 aromatic heterocycles. The average Bonchev–Trinajstić information content (AvgIpc) is 2.28. The Morgan fingerprint density at radius 1 is 1.62 bits per heavy atom. The highest BCUT2D eigenvalue weighted by Crippen LogP contribution is 2.30. The first-order valence-electron chi connectivity index (χ1n) is 3.16. The van der Waals surface area contributed by atoms with E-state index in [1.54, 1.807) is 0 Å². The Bertz CT molecular complexity index is 342. The molecule has 0 spiro atoms. The van der Waals surface area contributed by atoms with Crippen molar-refractivity contribution in [1.29, 1.82) is 0 Å². The van der Waals surface area contributed by atoms with Gasteiger partial charge in [0.25, 0.3) is 0 Å². The number of alkyl halides is 3. The van der Waals surface area contributed by atoms with Crippen LogP contribution in [0.1, 0.15) is 16.2 Å². The van der Waals surface area contributed by atoms with Crippen LogP contribution in [0.3, 0.4) is 0 Å². The van der Waals surface area contributed by atoms with Gasteiger partial charge >= 0.3 is 12.1 Å². The molecule has 0 bridgehead atoms. The van der Waals surface area contributed by atoms with E-state index in [4.69, 9.17) is 5.11 Å². The second-order valence-corrected chi connectivity index (χ2v) is 2.36. The van der Waals surface area contributed by atoms with E-state index in [0.29, 0.717) is 4.57 Å². The Balaban J connectivity index is 3.33. The number of imidazole rings is 1. The normalized spacial score (nSPS) is 11.7. The maximum atomic E-state index is 12.2. The highest BCUT2D eigenvalue weighted by atomic mass is 19.4. The van der Waals surface area contributed by atoms with Gasteiger partial charge in [0, 0.05) is 7.05 Å². The van der Waals surface area contributed by atoms with Crippen LogP contribution in [-0.4, -0.2) is 20.6 Å². The standard InChI is InChI=1S/C6H5F3N2O2/c1-11-2-10-3(5(12)13)4(11)6(7,8)9/h2H,1H3,(H,12,13). The van der Waals surface area contributed by atoms with Crippen molar-refractivity contribution in [3.8, 4) is 0 Å². The summed E-state index contributed by atoms with van der Waals surface area (Å²) >= 11 is 0. The van der Waals surface area contributed by atoms with Crippen LogP contribution in [0.2, 0.25) is 0 Å². The molecule has 0 saturated carbocycles. The number of halogens is 3. The molecule has 1 heterocycles. The number of aromatic nitrogens is 2. The number of aryl methyl sites for hydroxylation is 1. The summed E-state index contributed by atoms with van der Waals surface area (Å²) < 4.78 is 37.2. The summed E-state index contributed by atoms with van der Waals surface area (Å²) in [6.45, 7) is 0. The van der Waals surface area contributed by atoms with Crippen LogP contribution >= 0.6 is 0 Å². The molecule has 4 nitrogen and oxygen atoms in total. The molecule has 0 fully saturated rings. The second-order valence-electron chi connectivity index (χ2n) is 2.36. The number of carbonyl (C=O) groups is 1. The van der Waals surface area contributed by atoms with Gasteiger partial charge in [0.1, 0.15) is 0 Å². The van der Waals surface area contributed by atoms with Crippen molar-refractivity contribution in [2.45, 2.75) is 6.18 Å². The van der Waals surface area contributed by atoms with E-state index in [2.05, 4.69) is 4.98 Å². The van der Waals surface area contributed by atoms with E-state index in [1.807, 2.05) is 0 Å². The minimum Gasteiger partial charge on any atom is -0.476 e. The molecule has 0 radical (unpaired) electrons. The maximum Gasteiger partial charge on any atom is 0.433 e. The number of hydrogen-bond donors (Lipinski definition) is 1. The van der Waals surface area contributed by atoms with Crippen LogP contribution in [-0.2, 0) is 13.2 Å². The topological polar surface area (TPSA) is 55.1 Å². The Morgan fingerprint density at radius 3 is 2.46 bits per heavy atom. The van der Waals surface area contributed by atoms with Gasteiger partial charge in [0.2, 0.25) is 0 Å². The molecule has 0 aliphatic heterocycles. The van der Waals surface area contributed by atoms with Crippen molar-refractivity contribution in [3.63, 3.8) is 0 Å². The number of carboxylic acid groups (broad SMARTS) is 1. The van der Waals surface area contributed by atoms with Crippen LogP contribution < -0.4 is 0 Å². The van der Waals surface area contributed by atoms with Crippen molar-refractivity contribution >= 4 is 5.97 Å². The molecule has 13 heavy (non-hydrogen) atoms. The Labute approximate surface area is 70.6 Å². The summed E-state index contributed by atoms with van der Waals surface area (Å²) in [5.41, 5.74) is -2.23. The van der Waals surface area contributed by atoms with Crippen LogP contribution in [0.5, 0.6) is 0 Å². The molecule has 0 aliphatic rings. The quantitative estimate of drug-likeness (QED) is 0.729. The average molecular weight is 194 g/mol. The predicted octanol–water partition coefficient (Wildman–Crippen LogP) is 1.14. The lowest BCUT2D eigenvalue weighted by Crippen LogP contribution is -2.16. The Hall–Kier alpha value is -1.53.